The topological polar surface area (TPSA) is 26.0 Å². The first-order valence-electron chi connectivity index (χ1n) is 8.64. The molecule has 2 aromatic carbocycles. The van der Waals surface area contributed by atoms with E-state index in [9.17, 15) is 13.2 Å². The fourth-order valence-electron chi connectivity index (χ4n) is 3.22. The number of nitrogens with two attached hydrogens (primary N) is 1. The predicted molar refractivity (Wildman–Crippen MR) is 96.2 cm³/mol. The van der Waals surface area contributed by atoms with Gasteiger partial charge in [0.05, 0.1) is 5.56 Å². The molecule has 0 bridgehead atoms. The summed E-state index contributed by atoms with van der Waals surface area (Å²) < 4.78 is 38.5. The highest BCUT2D eigenvalue weighted by molar-refractivity contribution is 5.34. The Bertz CT molecular complexity index is 658. The van der Waals surface area contributed by atoms with Crippen molar-refractivity contribution in [2.75, 3.05) is 0 Å². The van der Waals surface area contributed by atoms with Gasteiger partial charge in [-0.2, -0.15) is 13.2 Å². The van der Waals surface area contributed by atoms with Gasteiger partial charge in [0.15, 0.2) is 0 Å². The van der Waals surface area contributed by atoms with Crippen molar-refractivity contribution in [1.82, 2.24) is 0 Å². The molecule has 0 saturated carbocycles. The van der Waals surface area contributed by atoms with Crippen molar-refractivity contribution in [3.8, 4) is 0 Å². The normalized spacial score (nSPS) is 15.8. The molecule has 0 fully saturated rings. The monoisotopic (exact) mass is 349 g/mol. The third-order valence-electron chi connectivity index (χ3n) is 4.79. The summed E-state index contributed by atoms with van der Waals surface area (Å²) in [4.78, 5) is 0. The highest BCUT2D eigenvalue weighted by Crippen LogP contribution is 2.40. The van der Waals surface area contributed by atoms with Crippen LogP contribution >= 0.6 is 0 Å². The molecule has 0 saturated heterocycles. The lowest BCUT2D eigenvalue weighted by Crippen LogP contribution is -2.40. The second-order valence-corrected chi connectivity index (χ2v) is 7.29. The van der Waals surface area contributed by atoms with E-state index >= 15 is 0 Å². The number of benzene rings is 2. The van der Waals surface area contributed by atoms with Crippen molar-refractivity contribution in [2.45, 2.75) is 51.2 Å². The quantitative estimate of drug-likeness (QED) is 0.670. The fourth-order valence-corrected chi connectivity index (χ4v) is 3.22. The minimum atomic E-state index is -4.32. The van der Waals surface area contributed by atoms with Crippen LogP contribution in [0.3, 0.4) is 0 Å². The smallest absolute Gasteiger partial charge is 0.321 e. The predicted octanol–water partition coefficient (Wildman–Crippen LogP) is 6.10. The fraction of sp³-hybridized carbons (Fsp3) is 0.429. The molecule has 0 aliphatic heterocycles. The van der Waals surface area contributed by atoms with Crippen molar-refractivity contribution in [3.63, 3.8) is 0 Å². The molecule has 0 spiro atoms. The van der Waals surface area contributed by atoms with Gasteiger partial charge in [0.25, 0.3) is 0 Å². The summed E-state index contributed by atoms with van der Waals surface area (Å²) in [5, 5.41) is 0. The third kappa shape index (κ3) is 4.85. The van der Waals surface area contributed by atoms with Gasteiger partial charge in [0.1, 0.15) is 0 Å². The number of halogens is 3. The first-order valence-corrected chi connectivity index (χ1v) is 8.64. The van der Waals surface area contributed by atoms with E-state index in [1.807, 2.05) is 37.3 Å². The highest BCUT2D eigenvalue weighted by atomic mass is 19.4. The van der Waals surface area contributed by atoms with Gasteiger partial charge in [-0.3, -0.25) is 0 Å². The number of hydrogen-bond donors (Lipinski definition) is 1. The molecule has 2 aromatic rings. The van der Waals surface area contributed by atoms with Crippen LogP contribution in [0.5, 0.6) is 0 Å². The van der Waals surface area contributed by atoms with E-state index in [-0.39, 0.29) is 5.92 Å². The molecule has 0 aliphatic carbocycles. The van der Waals surface area contributed by atoms with E-state index in [1.54, 1.807) is 12.1 Å². The van der Waals surface area contributed by atoms with E-state index in [0.717, 1.165) is 36.1 Å². The molecule has 136 valence electrons. The van der Waals surface area contributed by atoms with Crippen LogP contribution in [-0.2, 0) is 11.7 Å². The van der Waals surface area contributed by atoms with Crippen LogP contribution in [0.1, 0.15) is 56.2 Å². The van der Waals surface area contributed by atoms with E-state index in [2.05, 4.69) is 13.8 Å². The van der Waals surface area contributed by atoms with E-state index < -0.39 is 17.3 Å². The van der Waals surface area contributed by atoms with Crippen LogP contribution in [0, 0.1) is 5.92 Å². The van der Waals surface area contributed by atoms with Crippen LogP contribution in [0.4, 0.5) is 13.2 Å². The molecule has 0 heterocycles. The van der Waals surface area contributed by atoms with Crippen molar-refractivity contribution < 1.29 is 13.2 Å². The molecule has 0 radical (unpaired) electrons. The van der Waals surface area contributed by atoms with Crippen molar-refractivity contribution in [2.24, 2.45) is 11.7 Å². The van der Waals surface area contributed by atoms with Crippen molar-refractivity contribution >= 4 is 0 Å². The number of hydrogen-bond acceptors (Lipinski definition) is 1. The van der Waals surface area contributed by atoms with Crippen LogP contribution in [0.15, 0.2) is 54.6 Å². The summed E-state index contributed by atoms with van der Waals surface area (Å²) in [7, 11) is 0. The Kier molecular flexibility index (Phi) is 5.94. The van der Waals surface area contributed by atoms with E-state index in [4.69, 9.17) is 5.73 Å². The Labute approximate surface area is 148 Å². The zero-order valence-corrected chi connectivity index (χ0v) is 15.0. The molecule has 2 N–H and O–H groups in total. The molecule has 2 atom stereocenters. The maximum atomic E-state index is 12.8. The summed E-state index contributed by atoms with van der Waals surface area (Å²) >= 11 is 0. The van der Waals surface area contributed by atoms with Crippen LogP contribution < -0.4 is 5.73 Å². The Morgan fingerprint density at radius 3 is 1.88 bits per heavy atom. The summed E-state index contributed by atoms with van der Waals surface area (Å²) in [5.41, 5.74) is 7.26. The summed E-state index contributed by atoms with van der Waals surface area (Å²) in [6.07, 6.45) is -2.53. The molecule has 0 unspecified atom stereocenters. The van der Waals surface area contributed by atoms with Gasteiger partial charge < -0.3 is 5.73 Å². The lowest BCUT2D eigenvalue weighted by atomic mass is 9.73. The first kappa shape index (κ1) is 19.5. The number of rotatable bonds is 6. The minimum absolute atomic E-state index is 0.0559. The largest absolute Gasteiger partial charge is 0.416 e. The molecule has 1 nitrogen and oxygen atoms in total. The maximum Gasteiger partial charge on any atom is 0.416 e. The summed E-state index contributed by atoms with van der Waals surface area (Å²) in [6.45, 7) is 6.24. The van der Waals surface area contributed by atoms with Gasteiger partial charge in [-0.25, -0.2) is 0 Å². The molecule has 4 heteroatoms. The van der Waals surface area contributed by atoms with Crippen LogP contribution in [0.2, 0.25) is 0 Å². The van der Waals surface area contributed by atoms with E-state index in [0.29, 0.717) is 5.92 Å². The van der Waals surface area contributed by atoms with Gasteiger partial charge in [0, 0.05) is 11.5 Å². The van der Waals surface area contributed by atoms with Crippen LogP contribution in [0.25, 0.3) is 0 Å². The van der Waals surface area contributed by atoms with Crippen LogP contribution in [-0.4, -0.2) is 0 Å². The van der Waals surface area contributed by atoms with Gasteiger partial charge in [-0.1, -0.05) is 62.7 Å². The SMILES string of the molecule is CC(C)CC[C@H](c1ccc(C(F)(F)F)cc1)[C@](C)(N)c1ccccc1. The standard InChI is InChI=1S/C21H26F3N/c1-15(2)9-14-19(20(3,25)17-7-5-4-6-8-17)16-10-12-18(13-11-16)21(22,23)24/h4-8,10-13,15,19H,9,14,25H2,1-3H3/t19-,20-/m1/s1. The van der Waals surface area contributed by atoms with Gasteiger partial charge in [0.2, 0.25) is 0 Å². The van der Waals surface area contributed by atoms with Crippen molar-refractivity contribution in [1.29, 1.82) is 0 Å². The van der Waals surface area contributed by atoms with Gasteiger partial charge >= 0.3 is 6.18 Å². The zero-order chi connectivity index (χ0) is 18.7. The van der Waals surface area contributed by atoms with Crippen molar-refractivity contribution in [3.05, 3.63) is 71.3 Å². The average molecular weight is 349 g/mol. The number of alkyl halides is 3. The molecule has 25 heavy (non-hydrogen) atoms. The molecular weight excluding hydrogens is 323 g/mol. The van der Waals surface area contributed by atoms with Gasteiger partial charge in [-0.05, 0) is 42.5 Å². The maximum absolute atomic E-state index is 12.8. The second-order valence-electron chi connectivity index (χ2n) is 7.29. The summed E-state index contributed by atoms with van der Waals surface area (Å²) in [6, 6.07) is 15.2. The Morgan fingerprint density at radius 1 is 0.840 bits per heavy atom. The lowest BCUT2D eigenvalue weighted by molar-refractivity contribution is -0.137. The highest BCUT2D eigenvalue weighted by Gasteiger charge is 2.34. The molecule has 0 amide bonds. The zero-order valence-electron chi connectivity index (χ0n) is 15.0. The minimum Gasteiger partial charge on any atom is -0.321 e. The average Bonchev–Trinajstić information content (AvgIpc) is 2.55. The Balaban J connectivity index is 2.39. The third-order valence-corrected chi connectivity index (χ3v) is 4.79. The Hall–Kier alpha value is -1.81. The first-order chi connectivity index (χ1) is 11.6. The molecular formula is C21H26F3N. The molecule has 0 aromatic heterocycles. The van der Waals surface area contributed by atoms with Gasteiger partial charge in [-0.15, -0.1) is 0 Å². The summed E-state index contributed by atoms with van der Waals surface area (Å²) in [5.74, 6) is 0.447. The second kappa shape index (κ2) is 7.61. The lowest BCUT2D eigenvalue weighted by Gasteiger charge is -2.36. The van der Waals surface area contributed by atoms with E-state index in [1.165, 1.54) is 0 Å². The molecule has 2 rings (SSSR count). The Morgan fingerprint density at radius 2 is 1.40 bits per heavy atom. The molecule has 0 aliphatic rings.